The van der Waals surface area contributed by atoms with Gasteiger partial charge in [0.1, 0.15) is 11.6 Å². The van der Waals surface area contributed by atoms with Gasteiger partial charge >= 0.3 is 6.03 Å². The smallest absolute Gasteiger partial charge is 0.326 e. The average Bonchev–Trinajstić information content (AvgIpc) is 3.36. The van der Waals surface area contributed by atoms with Crippen LogP contribution in [-0.2, 0) is 0 Å². The normalized spacial score (nSPS) is 15.8. The van der Waals surface area contributed by atoms with Crippen LogP contribution in [0.2, 0.25) is 0 Å². The molecule has 0 saturated heterocycles. The molecule has 1 atom stereocenters. The second-order valence-corrected chi connectivity index (χ2v) is 7.98. The molecule has 1 aliphatic rings. The van der Waals surface area contributed by atoms with Crippen LogP contribution in [0.3, 0.4) is 0 Å². The fourth-order valence-electron chi connectivity index (χ4n) is 4.13. The summed E-state index contributed by atoms with van der Waals surface area (Å²) in [5.41, 5.74) is 3.43. The van der Waals surface area contributed by atoms with E-state index >= 15 is 0 Å². The van der Waals surface area contributed by atoms with E-state index in [2.05, 4.69) is 15.5 Å². The zero-order valence-electron chi connectivity index (χ0n) is 19.2. The number of hydrogen-bond donors (Lipinski definition) is 1. The minimum Gasteiger partial charge on any atom is -0.494 e. The topological polar surface area (TPSA) is 80.5 Å². The van der Waals surface area contributed by atoms with Gasteiger partial charge in [-0.05, 0) is 67.9 Å². The molecular weight excluding hydrogens is 447 g/mol. The number of carbonyl (C=O) groups excluding carboxylic acids is 1. The predicted molar refractivity (Wildman–Crippen MR) is 130 cm³/mol. The van der Waals surface area contributed by atoms with Crippen LogP contribution in [0.25, 0.3) is 17.0 Å². The quantitative estimate of drug-likeness (QED) is 0.375. The van der Waals surface area contributed by atoms with Crippen LogP contribution >= 0.6 is 0 Å². The van der Waals surface area contributed by atoms with E-state index in [1.54, 1.807) is 12.1 Å². The molecule has 176 valence electrons. The maximum absolute atomic E-state index is 13.5. The Morgan fingerprint density at radius 3 is 2.43 bits per heavy atom. The SMILES string of the molecule is CCOc1ccc(-c2noc(C3=C(C)N(c4ccc(F)cc4)C(=O)NC3c3ccccc3)n2)cc1. The lowest BCUT2D eigenvalue weighted by molar-refractivity contribution is 0.244. The first-order valence-electron chi connectivity index (χ1n) is 11.2. The van der Waals surface area contributed by atoms with Crippen LogP contribution in [0.4, 0.5) is 14.9 Å². The van der Waals surface area contributed by atoms with Crippen molar-refractivity contribution in [2.75, 3.05) is 11.5 Å². The van der Waals surface area contributed by atoms with Gasteiger partial charge in [-0.15, -0.1) is 0 Å². The van der Waals surface area contributed by atoms with Gasteiger partial charge in [-0.2, -0.15) is 4.98 Å². The molecule has 1 unspecified atom stereocenters. The number of aromatic nitrogens is 2. The van der Waals surface area contributed by atoms with E-state index < -0.39 is 6.04 Å². The number of nitrogens with one attached hydrogen (secondary N) is 1. The molecule has 1 N–H and O–H groups in total. The number of nitrogens with zero attached hydrogens (tertiary/aromatic N) is 3. The van der Waals surface area contributed by atoms with Gasteiger partial charge in [-0.25, -0.2) is 9.18 Å². The number of ether oxygens (including phenoxy) is 1. The minimum atomic E-state index is -0.506. The van der Waals surface area contributed by atoms with Crippen molar-refractivity contribution in [3.05, 3.63) is 102 Å². The van der Waals surface area contributed by atoms with Crippen molar-refractivity contribution < 1.29 is 18.4 Å². The number of amides is 2. The molecule has 3 aromatic carbocycles. The van der Waals surface area contributed by atoms with Crippen LogP contribution in [0.1, 0.15) is 31.3 Å². The van der Waals surface area contributed by atoms with Gasteiger partial charge < -0.3 is 14.6 Å². The fourth-order valence-corrected chi connectivity index (χ4v) is 4.13. The second kappa shape index (κ2) is 9.42. The molecule has 8 heteroatoms. The lowest BCUT2D eigenvalue weighted by Gasteiger charge is -2.35. The lowest BCUT2D eigenvalue weighted by Crippen LogP contribution is -2.46. The van der Waals surface area contributed by atoms with Crippen LogP contribution in [0.15, 0.2) is 89.1 Å². The van der Waals surface area contributed by atoms with Crippen molar-refractivity contribution in [1.29, 1.82) is 0 Å². The molecule has 2 amide bonds. The first kappa shape index (κ1) is 22.3. The third-order valence-corrected chi connectivity index (χ3v) is 5.78. The molecular formula is C27H23FN4O3. The van der Waals surface area contributed by atoms with E-state index in [0.29, 0.717) is 29.4 Å². The van der Waals surface area contributed by atoms with Crippen molar-refractivity contribution in [3.8, 4) is 17.1 Å². The summed E-state index contributed by atoms with van der Waals surface area (Å²) in [6, 6.07) is 21.9. The molecule has 0 saturated carbocycles. The summed E-state index contributed by atoms with van der Waals surface area (Å²) in [6.45, 7) is 4.32. The molecule has 4 aromatic rings. The average molecular weight is 471 g/mol. The number of urea groups is 1. The van der Waals surface area contributed by atoms with Crippen LogP contribution in [-0.4, -0.2) is 22.8 Å². The molecule has 7 nitrogen and oxygen atoms in total. The molecule has 0 radical (unpaired) electrons. The first-order chi connectivity index (χ1) is 17.0. The number of halogens is 1. The Bertz CT molecular complexity index is 1370. The molecule has 0 spiro atoms. The van der Waals surface area contributed by atoms with Gasteiger partial charge in [0.05, 0.1) is 23.9 Å². The van der Waals surface area contributed by atoms with Gasteiger partial charge in [0, 0.05) is 11.3 Å². The predicted octanol–water partition coefficient (Wildman–Crippen LogP) is 5.98. The van der Waals surface area contributed by atoms with E-state index in [9.17, 15) is 9.18 Å². The second-order valence-electron chi connectivity index (χ2n) is 7.98. The van der Waals surface area contributed by atoms with Crippen molar-refractivity contribution >= 4 is 17.3 Å². The molecule has 35 heavy (non-hydrogen) atoms. The molecule has 1 aromatic heterocycles. The summed E-state index contributed by atoms with van der Waals surface area (Å²) < 4.78 is 24.7. The van der Waals surface area contributed by atoms with Gasteiger partial charge in [0.15, 0.2) is 0 Å². The standard InChI is InChI=1S/C27H23FN4O3/c1-3-34-22-15-9-19(10-16-22)25-30-26(35-31-25)23-17(2)32(21-13-11-20(28)12-14-21)27(33)29-24(23)18-7-5-4-6-8-18/h4-16,24H,3H2,1-2H3,(H,29,33). The molecule has 2 heterocycles. The summed E-state index contributed by atoms with van der Waals surface area (Å²) in [7, 11) is 0. The van der Waals surface area contributed by atoms with Crippen molar-refractivity contribution in [1.82, 2.24) is 15.5 Å². The van der Waals surface area contributed by atoms with Gasteiger partial charge in [0.2, 0.25) is 5.82 Å². The van der Waals surface area contributed by atoms with Gasteiger partial charge in [-0.1, -0.05) is 35.5 Å². The zero-order valence-corrected chi connectivity index (χ0v) is 19.2. The molecule has 1 aliphatic heterocycles. The Kier molecular flexibility index (Phi) is 6.01. The lowest BCUT2D eigenvalue weighted by atomic mass is 9.94. The Morgan fingerprint density at radius 2 is 1.74 bits per heavy atom. The minimum absolute atomic E-state index is 0.285. The van der Waals surface area contributed by atoms with Crippen LogP contribution in [0, 0.1) is 5.82 Å². The number of allylic oxidation sites excluding steroid dienone is 1. The van der Waals surface area contributed by atoms with Gasteiger partial charge in [-0.3, -0.25) is 4.90 Å². The summed E-state index contributed by atoms with van der Waals surface area (Å²) >= 11 is 0. The Morgan fingerprint density at radius 1 is 1.03 bits per heavy atom. The first-order valence-corrected chi connectivity index (χ1v) is 11.2. The molecule has 0 fully saturated rings. The monoisotopic (exact) mass is 470 g/mol. The highest BCUT2D eigenvalue weighted by atomic mass is 19.1. The van der Waals surface area contributed by atoms with E-state index in [1.165, 1.54) is 17.0 Å². The van der Waals surface area contributed by atoms with E-state index in [-0.39, 0.29) is 17.7 Å². The largest absolute Gasteiger partial charge is 0.494 e. The zero-order chi connectivity index (χ0) is 24.4. The van der Waals surface area contributed by atoms with Crippen molar-refractivity contribution in [2.45, 2.75) is 19.9 Å². The fraction of sp³-hybridized carbons (Fsp3) is 0.148. The Balaban J connectivity index is 1.59. The summed E-state index contributed by atoms with van der Waals surface area (Å²) in [4.78, 5) is 19.3. The molecule has 5 rings (SSSR count). The highest BCUT2D eigenvalue weighted by Gasteiger charge is 2.36. The van der Waals surface area contributed by atoms with Gasteiger partial charge in [0.25, 0.3) is 5.89 Å². The maximum Gasteiger partial charge on any atom is 0.326 e. The summed E-state index contributed by atoms with van der Waals surface area (Å²) in [5, 5.41) is 7.22. The van der Waals surface area contributed by atoms with E-state index in [0.717, 1.165) is 16.9 Å². The highest BCUT2D eigenvalue weighted by Crippen LogP contribution is 2.39. The summed E-state index contributed by atoms with van der Waals surface area (Å²) in [5.74, 6) is 1.08. The number of hydrogen-bond acceptors (Lipinski definition) is 5. The summed E-state index contributed by atoms with van der Waals surface area (Å²) in [6.07, 6.45) is 0. The third kappa shape index (κ3) is 4.38. The Labute approximate surface area is 201 Å². The van der Waals surface area contributed by atoms with Crippen LogP contribution in [0.5, 0.6) is 5.75 Å². The highest BCUT2D eigenvalue weighted by molar-refractivity contribution is 6.01. The maximum atomic E-state index is 13.5. The molecule has 0 aliphatic carbocycles. The third-order valence-electron chi connectivity index (χ3n) is 5.78. The van der Waals surface area contributed by atoms with E-state index in [1.807, 2.05) is 68.4 Å². The van der Waals surface area contributed by atoms with Crippen molar-refractivity contribution in [3.63, 3.8) is 0 Å². The number of rotatable bonds is 6. The van der Waals surface area contributed by atoms with E-state index in [4.69, 9.17) is 9.26 Å². The Hall–Kier alpha value is -4.46. The number of carbonyl (C=O) groups is 1. The number of benzene rings is 3. The molecule has 0 bridgehead atoms. The van der Waals surface area contributed by atoms with Crippen molar-refractivity contribution in [2.24, 2.45) is 0 Å². The number of anilines is 1. The van der Waals surface area contributed by atoms with Crippen LogP contribution < -0.4 is 15.0 Å².